The highest BCUT2D eigenvalue weighted by molar-refractivity contribution is 7.92. The quantitative estimate of drug-likeness (QED) is 0.744. The van der Waals surface area contributed by atoms with E-state index in [0.29, 0.717) is 28.9 Å². The maximum absolute atomic E-state index is 12.7. The van der Waals surface area contributed by atoms with E-state index >= 15 is 0 Å². The molecule has 1 aliphatic heterocycles. The van der Waals surface area contributed by atoms with Crippen LogP contribution >= 0.6 is 0 Å². The molecule has 0 saturated heterocycles. The van der Waals surface area contributed by atoms with E-state index in [9.17, 15) is 18.0 Å². The third-order valence-electron chi connectivity index (χ3n) is 5.95. The van der Waals surface area contributed by atoms with Crippen molar-refractivity contribution in [1.29, 1.82) is 0 Å². The van der Waals surface area contributed by atoms with Crippen LogP contribution in [0.2, 0.25) is 0 Å². The van der Waals surface area contributed by atoms with Gasteiger partial charge in [0.25, 0.3) is 11.8 Å². The minimum atomic E-state index is -3.37. The van der Waals surface area contributed by atoms with Crippen molar-refractivity contribution in [2.24, 2.45) is 0 Å². The van der Waals surface area contributed by atoms with Gasteiger partial charge in [0.1, 0.15) is 0 Å². The smallest absolute Gasteiger partial charge is 0.255 e. The lowest BCUT2D eigenvalue weighted by atomic mass is 10.1. The summed E-state index contributed by atoms with van der Waals surface area (Å²) in [6, 6.07) is 12.0. The molecule has 1 unspecified atom stereocenters. The highest BCUT2D eigenvalue weighted by Gasteiger charge is 2.32. The van der Waals surface area contributed by atoms with Crippen LogP contribution in [0.1, 0.15) is 58.9 Å². The molecule has 2 aromatic carbocycles. The monoisotopic (exact) mass is 441 g/mol. The Hall–Kier alpha value is -2.87. The van der Waals surface area contributed by atoms with E-state index in [2.05, 4.69) is 10.6 Å². The molecule has 1 heterocycles. The number of hydrogen-bond donors (Lipinski definition) is 2. The second-order valence-electron chi connectivity index (χ2n) is 8.44. The van der Waals surface area contributed by atoms with Crippen molar-refractivity contribution in [3.05, 3.63) is 59.2 Å². The molecule has 1 atom stereocenters. The van der Waals surface area contributed by atoms with Gasteiger partial charge in [0.05, 0.1) is 11.9 Å². The number of benzene rings is 2. The van der Waals surface area contributed by atoms with Gasteiger partial charge in [-0.25, -0.2) is 8.42 Å². The van der Waals surface area contributed by atoms with Gasteiger partial charge in [-0.3, -0.25) is 13.9 Å². The van der Waals surface area contributed by atoms with Gasteiger partial charge in [-0.05, 0) is 74.2 Å². The average molecular weight is 442 g/mol. The van der Waals surface area contributed by atoms with Gasteiger partial charge in [0.15, 0.2) is 0 Å². The van der Waals surface area contributed by atoms with E-state index in [0.717, 1.165) is 31.2 Å². The lowest BCUT2D eigenvalue weighted by Gasteiger charge is -2.21. The highest BCUT2D eigenvalue weighted by Crippen LogP contribution is 2.34. The maximum Gasteiger partial charge on any atom is 0.255 e. The summed E-state index contributed by atoms with van der Waals surface area (Å²) < 4.78 is 25.5. The molecule has 1 saturated carbocycles. The number of hydrogen-bond acceptors (Lipinski definition) is 4. The van der Waals surface area contributed by atoms with Gasteiger partial charge < -0.3 is 10.6 Å². The van der Waals surface area contributed by atoms with E-state index in [4.69, 9.17) is 0 Å². The number of fused-ring (bicyclic) bond motifs is 1. The Kier molecular flexibility index (Phi) is 5.75. The zero-order valence-electron chi connectivity index (χ0n) is 17.7. The van der Waals surface area contributed by atoms with Crippen molar-refractivity contribution in [3.8, 4) is 0 Å². The Morgan fingerprint density at radius 2 is 1.61 bits per heavy atom. The second kappa shape index (κ2) is 8.34. The van der Waals surface area contributed by atoms with Crippen LogP contribution in [0.4, 0.5) is 11.4 Å². The molecule has 0 aromatic heterocycles. The van der Waals surface area contributed by atoms with Crippen LogP contribution in [-0.2, 0) is 16.4 Å². The van der Waals surface area contributed by atoms with Gasteiger partial charge in [0.2, 0.25) is 10.0 Å². The summed E-state index contributed by atoms with van der Waals surface area (Å²) in [7, 11) is -3.37. The lowest BCUT2D eigenvalue weighted by molar-refractivity contribution is 0.0937. The molecule has 7 nitrogen and oxygen atoms in total. The first-order valence-corrected chi connectivity index (χ1v) is 12.4. The molecule has 164 valence electrons. The van der Waals surface area contributed by atoms with Gasteiger partial charge in [-0.2, -0.15) is 0 Å². The zero-order valence-corrected chi connectivity index (χ0v) is 18.5. The van der Waals surface area contributed by atoms with Crippen LogP contribution in [-0.4, -0.2) is 38.6 Å². The van der Waals surface area contributed by atoms with Crippen molar-refractivity contribution >= 4 is 33.2 Å². The normalized spacial score (nSPS) is 18.6. The first-order valence-electron chi connectivity index (χ1n) is 10.6. The Morgan fingerprint density at radius 1 is 0.968 bits per heavy atom. The first kappa shape index (κ1) is 21.4. The maximum atomic E-state index is 12.7. The molecule has 8 heteroatoms. The van der Waals surface area contributed by atoms with Crippen LogP contribution in [0, 0.1) is 0 Å². The van der Waals surface area contributed by atoms with Crippen LogP contribution in [0.5, 0.6) is 0 Å². The topological polar surface area (TPSA) is 95.6 Å². The van der Waals surface area contributed by atoms with Gasteiger partial charge in [-0.15, -0.1) is 0 Å². The molecular weight excluding hydrogens is 414 g/mol. The predicted molar refractivity (Wildman–Crippen MR) is 121 cm³/mol. The Morgan fingerprint density at radius 3 is 2.26 bits per heavy atom. The van der Waals surface area contributed by atoms with Gasteiger partial charge in [-0.1, -0.05) is 12.8 Å². The fourth-order valence-electron chi connectivity index (χ4n) is 4.50. The SMILES string of the molecule is CC1Cc2cc(C(=O)Nc3ccc(C(=O)NC4CCCC4)cc3)ccc2N1S(C)(=O)=O. The first-order chi connectivity index (χ1) is 14.7. The number of carbonyl (C=O) groups is 2. The van der Waals surface area contributed by atoms with Crippen molar-refractivity contribution in [2.45, 2.75) is 51.1 Å². The van der Waals surface area contributed by atoms with Crippen molar-refractivity contribution < 1.29 is 18.0 Å². The van der Waals surface area contributed by atoms with E-state index in [1.165, 1.54) is 10.6 Å². The fraction of sp³-hybridized carbons (Fsp3) is 0.391. The molecule has 2 amide bonds. The number of anilines is 2. The summed E-state index contributed by atoms with van der Waals surface area (Å²) in [5.74, 6) is -0.371. The van der Waals surface area contributed by atoms with Crippen molar-refractivity contribution in [1.82, 2.24) is 5.32 Å². The van der Waals surface area contributed by atoms with Crippen LogP contribution in [0.3, 0.4) is 0 Å². The minimum Gasteiger partial charge on any atom is -0.349 e. The van der Waals surface area contributed by atoms with E-state index in [1.54, 1.807) is 42.5 Å². The summed E-state index contributed by atoms with van der Waals surface area (Å²) in [5, 5.41) is 5.89. The summed E-state index contributed by atoms with van der Waals surface area (Å²) in [5.41, 5.74) is 3.09. The van der Waals surface area contributed by atoms with Gasteiger partial charge >= 0.3 is 0 Å². The number of amides is 2. The minimum absolute atomic E-state index is 0.0899. The molecule has 31 heavy (non-hydrogen) atoms. The van der Waals surface area contributed by atoms with E-state index < -0.39 is 10.0 Å². The molecule has 0 radical (unpaired) electrons. The molecule has 0 spiro atoms. The zero-order chi connectivity index (χ0) is 22.2. The van der Waals surface area contributed by atoms with E-state index in [1.807, 2.05) is 6.92 Å². The predicted octanol–water partition coefficient (Wildman–Crippen LogP) is 3.32. The third-order valence-corrected chi connectivity index (χ3v) is 7.22. The Balaban J connectivity index is 1.43. The van der Waals surface area contributed by atoms with Crippen molar-refractivity contribution in [2.75, 3.05) is 15.9 Å². The van der Waals surface area contributed by atoms with Crippen molar-refractivity contribution in [3.63, 3.8) is 0 Å². The molecule has 2 N–H and O–H groups in total. The standard InChI is InChI=1S/C23H27N3O4S/c1-15-13-18-14-17(9-12-21(18)26(15)31(2,29)30)23(28)25-20-10-7-16(8-11-20)22(27)24-19-5-3-4-6-19/h7-12,14-15,19H,3-6,13H2,1-2H3,(H,24,27)(H,25,28). The van der Waals surface area contributed by atoms with Crippen LogP contribution in [0.15, 0.2) is 42.5 Å². The summed E-state index contributed by atoms with van der Waals surface area (Å²) in [6.45, 7) is 1.85. The molecule has 2 aliphatic rings. The number of carbonyl (C=O) groups excluding carboxylic acids is 2. The molecular formula is C23H27N3O4S. The average Bonchev–Trinajstić information content (AvgIpc) is 3.33. The highest BCUT2D eigenvalue weighted by atomic mass is 32.2. The van der Waals surface area contributed by atoms with Gasteiger partial charge in [0, 0.05) is 28.9 Å². The summed E-state index contributed by atoms with van der Waals surface area (Å²) in [4.78, 5) is 25.0. The number of rotatable bonds is 5. The third kappa shape index (κ3) is 4.58. The molecule has 0 bridgehead atoms. The summed E-state index contributed by atoms with van der Waals surface area (Å²) >= 11 is 0. The second-order valence-corrected chi connectivity index (χ2v) is 10.3. The number of nitrogens with one attached hydrogen (secondary N) is 2. The largest absolute Gasteiger partial charge is 0.349 e. The van der Waals surface area contributed by atoms with Crippen LogP contribution < -0.4 is 14.9 Å². The van der Waals surface area contributed by atoms with Crippen LogP contribution in [0.25, 0.3) is 0 Å². The molecule has 1 aliphatic carbocycles. The van der Waals surface area contributed by atoms with E-state index in [-0.39, 0.29) is 23.9 Å². The molecule has 4 rings (SSSR count). The Labute approximate surface area is 182 Å². The number of nitrogens with zero attached hydrogens (tertiary/aromatic N) is 1. The molecule has 2 aromatic rings. The lowest BCUT2D eigenvalue weighted by Crippen LogP contribution is -2.34. The molecule has 1 fully saturated rings. The number of sulfonamides is 1. The summed E-state index contributed by atoms with van der Waals surface area (Å²) in [6.07, 6.45) is 6.13. The fourth-order valence-corrected chi connectivity index (χ4v) is 5.76. The Bertz CT molecular complexity index is 1110.